The maximum absolute atomic E-state index is 11.8. The van der Waals surface area contributed by atoms with E-state index in [1.165, 1.54) is 27.6 Å². The van der Waals surface area contributed by atoms with E-state index in [0.717, 1.165) is 31.9 Å². The van der Waals surface area contributed by atoms with Crippen LogP contribution in [0.15, 0.2) is 59.7 Å². The summed E-state index contributed by atoms with van der Waals surface area (Å²) in [6.45, 7) is 3.10. The van der Waals surface area contributed by atoms with E-state index in [2.05, 4.69) is 69.3 Å². The van der Waals surface area contributed by atoms with Gasteiger partial charge in [0.25, 0.3) is 0 Å². The monoisotopic (exact) mass is 531 g/mol. The number of halogens is 1. The number of amides is 1. The summed E-state index contributed by atoms with van der Waals surface area (Å²) in [5, 5.41) is 8.03. The Hall–Kier alpha value is -2.55. The number of carbonyl (C=O) groups excluding carboxylic acids is 1. The molecule has 4 rings (SSSR count). The molecule has 164 valence electrons. The van der Waals surface area contributed by atoms with E-state index in [0.29, 0.717) is 19.5 Å². The molecule has 2 aromatic carbocycles. The second kappa shape index (κ2) is 11.2. The van der Waals surface area contributed by atoms with Gasteiger partial charge in [0.1, 0.15) is 0 Å². The van der Waals surface area contributed by atoms with E-state index in [1.807, 2.05) is 11.0 Å². The number of aromatic nitrogens is 1. The van der Waals surface area contributed by atoms with Crippen molar-refractivity contribution in [3.63, 3.8) is 0 Å². The number of fused-ring (bicyclic) bond motifs is 1. The molecule has 6 nitrogen and oxygen atoms in total. The zero-order chi connectivity index (χ0) is 20.8. The molecule has 0 atom stereocenters. The van der Waals surface area contributed by atoms with Gasteiger partial charge < -0.3 is 20.5 Å². The third kappa shape index (κ3) is 6.00. The highest BCUT2D eigenvalue weighted by atomic mass is 127. The molecule has 1 fully saturated rings. The lowest BCUT2D eigenvalue weighted by atomic mass is 10.1. The van der Waals surface area contributed by atoms with Crippen molar-refractivity contribution in [2.24, 2.45) is 4.99 Å². The van der Waals surface area contributed by atoms with Gasteiger partial charge in [0.05, 0.1) is 0 Å². The van der Waals surface area contributed by atoms with Crippen LogP contribution in [0, 0.1) is 0 Å². The Morgan fingerprint density at radius 3 is 2.61 bits per heavy atom. The van der Waals surface area contributed by atoms with Crippen LogP contribution in [-0.4, -0.2) is 41.9 Å². The van der Waals surface area contributed by atoms with E-state index in [4.69, 9.17) is 0 Å². The Morgan fingerprint density at radius 1 is 1.10 bits per heavy atom. The number of nitrogens with zero attached hydrogens (tertiary/aromatic N) is 2. The number of aromatic amines is 1. The van der Waals surface area contributed by atoms with Crippen molar-refractivity contribution in [3.8, 4) is 0 Å². The number of carbonyl (C=O) groups is 1. The van der Waals surface area contributed by atoms with Crippen molar-refractivity contribution in [1.82, 2.24) is 20.5 Å². The number of likely N-dealkylation sites (tertiary alicyclic amines) is 1. The highest BCUT2D eigenvalue weighted by Gasteiger charge is 2.19. The number of hydrogen-bond donors (Lipinski definition) is 3. The summed E-state index contributed by atoms with van der Waals surface area (Å²) in [6, 6.07) is 16.8. The third-order valence-electron chi connectivity index (χ3n) is 5.61. The minimum absolute atomic E-state index is 0. The van der Waals surface area contributed by atoms with Crippen LogP contribution >= 0.6 is 24.0 Å². The molecule has 3 N–H and O–H groups in total. The fourth-order valence-electron chi connectivity index (χ4n) is 3.91. The topological polar surface area (TPSA) is 72.5 Å². The van der Waals surface area contributed by atoms with Gasteiger partial charge in [0, 0.05) is 56.7 Å². The zero-order valence-electron chi connectivity index (χ0n) is 17.9. The lowest BCUT2D eigenvalue weighted by molar-refractivity contribution is -0.128. The molecule has 3 aromatic rings. The number of rotatable bonds is 7. The molecule has 31 heavy (non-hydrogen) atoms. The number of benzene rings is 2. The smallest absolute Gasteiger partial charge is 0.222 e. The molecule has 2 heterocycles. The third-order valence-corrected chi connectivity index (χ3v) is 5.61. The van der Waals surface area contributed by atoms with Crippen molar-refractivity contribution in [3.05, 3.63) is 71.4 Å². The molecule has 1 aliphatic heterocycles. The van der Waals surface area contributed by atoms with Crippen molar-refractivity contribution < 1.29 is 4.79 Å². The summed E-state index contributed by atoms with van der Waals surface area (Å²) in [5.74, 6) is 1.06. The maximum atomic E-state index is 11.8. The summed E-state index contributed by atoms with van der Waals surface area (Å²) < 4.78 is 0. The highest BCUT2D eigenvalue weighted by molar-refractivity contribution is 14.0. The minimum atomic E-state index is 0. The van der Waals surface area contributed by atoms with Gasteiger partial charge in [-0.05, 0) is 35.6 Å². The minimum Gasteiger partial charge on any atom is -0.361 e. The van der Waals surface area contributed by atoms with Crippen molar-refractivity contribution in [2.45, 2.75) is 32.4 Å². The Balaban J connectivity index is 0.00000272. The summed E-state index contributed by atoms with van der Waals surface area (Å²) in [6.07, 6.45) is 4.68. The second-order valence-corrected chi connectivity index (χ2v) is 7.70. The first-order valence-corrected chi connectivity index (χ1v) is 10.6. The second-order valence-electron chi connectivity index (χ2n) is 7.70. The quantitative estimate of drug-likeness (QED) is 0.247. The van der Waals surface area contributed by atoms with E-state index in [1.54, 1.807) is 7.05 Å². The van der Waals surface area contributed by atoms with Gasteiger partial charge in [0.15, 0.2) is 5.96 Å². The van der Waals surface area contributed by atoms with Gasteiger partial charge in [-0.15, -0.1) is 24.0 Å². The van der Waals surface area contributed by atoms with Gasteiger partial charge in [-0.2, -0.15) is 0 Å². The molecule has 1 amide bonds. The van der Waals surface area contributed by atoms with Crippen LogP contribution in [0.3, 0.4) is 0 Å². The molecule has 0 bridgehead atoms. The Labute approximate surface area is 200 Å². The molecule has 1 aliphatic rings. The summed E-state index contributed by atoms with van der Waals surface area (Å²) >= 11 is 0. The zero-order valence-corrected chi connectivity index (χ0v) is 20.2. The first-order chi connectivity index (χ1) is 14.7. The van der Waals surface area contributed by atoms with Crippen LogP contribution in [0.5, 0.6) is 0 Å². The molecule has 0 radical (unpaired) electrons. The molecule has 0 unspecified atom stereocenters. The van der Waals surface area contributed by atoms with Crippen LogP contribution in [-0.2, 0) is 24.3 Å². The maximum Gasteiger partial charge on any atom is 0.222 e. The predicted molar refractivity (Wildman–Crippen MR) is 137 cm³/mol. The van der Waals surface area contributed by atoms with E-state index >= 15 is 0 Å². The van der Waals surface area contributed by atoms with Crippen LogP contribution < -0.4 is 10.6 Å². The fourth-order valence-corrected chi connectivity index (χ4v) is 3.91. The lowest BCUT2D eigenvalue weighted by Gasteiger charge is -2.16. The van der Waals surface area contributed by atoms with Crippen molar-refractivity contribution >= 4 is 46.7 Å². The number of hydrogen-bond acceptors (Lipinski definition) is 2. The Morgan fingerprint density at radius 2 is 1.87 bits per heavy atom. The largest absolute Gasteiger partial charge is 0.361 e. The van der Waals surface area contributed by atoms with Gasteiger partial charge in [-0.25, -0.2) is 0 Å². The summed E-state index contributed by atoms with van der Waals surface area (Å²) in [7, 11) is 1.79. The number of guanidine groups is 1. The van der Waals surface area contributed by atoms with Gasteiger partial charge in [-0.1, -0.05) is 42.5 Å². The fraction of sp³-hybridized carbons (Fsp3) is 0.333. The summed E-state index contributed by atoms with van der Waals surface area (Å²) in [4.78, 5) is 21.4. The van der Waals surface area contributed by atoms with Crippen LogP contribution in [0.25, 0.3) is 10.9 Å². The molecule has 0 aliphatic carbocycles. The lowest BCUT2D eigenvalue weighted by Crippen LogP contribution is -2.37. The number of nitrogens with one attached hydrogen (secondary N) is 3. The van der Waals surface area contributed by atoms with Crippen LogP contribution in [0.2, 0.25) is 0 Å². The number of H-pyrrole nitrogens is 1. The molecule has 1 aromatic heterocycles. The normalized spacial score (nSPS) is 14.0. The molecule has 0 saturated carbocycles. The highest BCUT2D eigenvalue weighted by Crippen LogP contribution is 2.18. The first kappa shape index (κ1) is 23.1. The van der Waals surface area contributed by atoms with Gasteiger partial charge in [0.2, 0.25) is 5.91 Å². The molecular formula is C24H30IN5O. The number of aliphatic imine (C=N–C) groups is 1. The van der Waals surface area contributed by atoms with E-state index < -0.39 is 0 Å². The van der Waals surface area contributed by atoms with Crippen LogP contribution in [0.1, 0.15) is 29.5 Å². The summed E-state index contributed by atoms with van der Waals surface area (Å²) in [5.41, 5.74) is 4.84. The Bertz CT molecular complexity index is 1030. The Kier molecular flexibility index (Phi) is 8.34. The van der Waals surface area contributed by atoms with Crippen LogP contribution in [0.4, 0.5) is 0 Å². The molecule has 1 saturated heterocycles. The van der Waals surface area contributed by atoms with Gasteiger partial charge >= 0.3 is 0 Å². The average Bonchev–Trinajstić information content (AvgIpc) is 3.38. The first-order valence-electron chi connectivity index (χ1n) is 10.6. The average molecular weight is 531 g/mol. The SMILES string of the molecule is CN=C(NCCc1c[nH]c2ccccc12)NCc1ccc(CN2CCCC2=O)cc1.I. The number of para-hydroxylation sites is 1. The van der Waals surface area contributed by atoms with E-state index in [9.17, 15) is 4.79 Å². The standard InChI is InChI=1S/C24H29N5O.HI/c1-25-24(26-13-12-20-16-27-22-6-3-2-5-21(20)22)28-15-18-8-10-19(11-9-18)17-29-14-4-7-23(29)30;/h2-3,5-6,8-11,16,27H,4,7,12-15,17H2,1H3,(H2,25,26,28);1H. The van der Waals surface area contributed by atoms with E-state index in [-0.39, 0.29) is 29.9 Å². The molecule has 7 heteroatoms. The van der Waals surface area contributed by atoms with Crippen molar-refractivity contribution in [1.29, 1.82) is 0 Å². The molecule has 0 spiro atoms. The van der Waals surface area contributed by atoms with Gasteiger partial charge in [-0.3, -0.25) is 9.79 Å². The molecular weight excluding hydrogens is 501 g/mol. The van der Waals surface area contributed by atoms with Crippen molar-refractivity contribution in [2.75, 3.05) is 20.1 Å². The predicted octanol–water partition coefficient (Wildman–Crippen LogP) is 3.82.